The Kier molecular flexibility index (Phi) is 5.68. The molecule has 0 amide bonds. The summed E-state index contributed by atoms with van der Waals surface area (Å²) in [5.74, 6) is 0.307. The molecule has 3 heteroatoms. The van der Waals surface area contributed by atoms with Crippen LogP contribution in [0.1, 0.15) is 34.6 Å². The Hall–Kier alpha value is 0.134. The van der Waals surface area contributed by atoms with Crippen LogP contribution in [-0.2, 0) is 0 Å². The molecule has 0 bridgehead atoms. The molecular weight excluding hydrogens is 252 g/mol. The average Bonchev–Trinajstić information content (AvgIpc) is 2.09. The van der Waals surface area contributed by atoms with Crippen LogP contribution >= 0.6 is 0 Å². The quantitative estimate of drug-likeness (QED) is 0.732. The number of hydrogen-bond donors (Lipinski definition) is 1. The van der Waals surface area contributed by atoms with Gasteiger partial charge < -0.3 is 5.11 Å². The average molecular weight is 287 g/mol. The van der Waals surface area contributed by atoms with E-state index in [2.05, 4.69) is 73.4 Å². The lowest BCUT2D eigenvalue weighted by atomic mass is 10.1. The normalized spacial score (nSPS) is 17.2. The molecule has 1 atom stereocenters. The first kappa shape index (κ1) is 18.1. The lowest BCUT2D eigenvalue weighted by Crippen LogP contribution is -2.49. The van der Waals surface area contributed by atoms with E-state index in [9.17, 15) is 5.11 Å². The molecule has 0 aromatic carbocycles. The van der Waals surface area contributed by atoms with Crippen LogP contribution in [0.3, 0.4) is 0 Å². The van der Waals surface area contributed by atoms with Crippen LogP contribution in [-0.4, -0.2) is 27.4 Å². The van der Waals surface area contributed by atoms with E-state index in [1.54, 1.807) is 4.82 Å². The number of aliphatic hydroxyl groups is 1. The van der Waals surface area contributed by atoms with Crippen molar-refractivity contribution in [3.05, 3.63) is 10.9 Å². The fourth-order valence-corrected chi connectivity index (χ4v) is 12.9. The molecule has 0 spiro atoms. The van der Waals surface area contributed by atoms with E-state index in [0.29, 0.717) is 11.0 Å². The highest BCUT2D eigenvalue weighted by Crippen LogP contribution is 2.43. The van der Waals surface area contributed by atoms with Gasteiger partial charge in [-0.15, -0.1) is 0 Å². The Morgan fingerprint density at radius 1 is 1.00 bits per heavy atom. The third-order valence-corrected chi connectivity index (χ3v) is 15.5. The van der Waals surface area contributed by atoms with Crippen molar-refractivity contribution in [3.8, 4) is 0 Å². The van der Waals surface area contributed by atoms with Crippen LogP contribution in [0.5, 0.6) is 0 Å². The summed E-state index contributed by atoms with van der Waals surface area (Å²) < 4.78 is 0. The third kappa shape index (κ3) is 4.35. The van der Waals surface area contributed by atoms with Gasteiger partial charge in [0, 0.05) is 0 Å². The highest BCUT2D eigenvalue weighted by molar-refractivity contribution is 7.06. The fraction of sp³-hybridized carbons (Fsp3) is 0.867. The summed E-state index contributed by atoms with van der Waals surface area (Å²) in [7, 11) is -2.89. The number of rotatable bonds is 4. The first-order valence-corrected chi connectivity index (χ1v) is 13.6. The summed E-state index contributed by atoms with van der Waals surface area (Å²) in [4.78, 5) is 1.63. The summed E-state index contributed by atoms with van der Waals surface area (Å²) in [5, 5.41) is 10.6. The first-order chi connectivity index (χ1) is 7.71. The molecule has 1 nitrogen and oxygen atoms in total. The van der Waals surface area contributed by atoms with E-state index < -0.39 is 16.1 Å². The molecule has 0 radical (unpaired) electrons. The van der Waals surface area contributed by atoms with Crippen LogP contribution in [0.4, 0.5) is 0 Å². The van der Waals surface area contributed by atoms with Crippen LogP contribution in [0.2, 0.25) is 37.8 Å². The van der Waals surface area contributed by atoms with Crippen molar-refractivity contribution < 1.29 is 5.11 Å². The second-order valence-electron chi connectivity index (χ2n) is 8.44. The van der Waals surface area contributed by atoms with Crippen LogP contribution in [0.25, 0.3) is 0 Å². The third-order valence-electron chi connectivity index (χ3n) is 4.38. The molecule has 0 aliphatic heterocycles. The molecule has 0 aliphatic carbocycles. The minimum Gasteiger partial charge on any atom is -0.389 e. The molecule has 0 rings (SSSR count). The van der Waals surface area contributed by atoms with Gasteiger partial charge in [0.15, 0.2) is 0 Å². The molecule has 0 aromatic heterocycles. The SMILES string of the molecule is CC(C)C(O)/C=C(\[Si](C)(C)C)[Si](C)(C)C(C)(C)C. The summed E-state index contributed by atoms with van der Waals surface area (Å²) >= 11 is 0. The molecular formula is C15H34OSi2. The van der Waals surface area contributed by atoms with Crippen molar-refractivity contribution in [1.29, 1.82) is 0 Å². The van der Waals surface area contributed by atoms with Crippen molar-refractivity contribution in [3.63, 3.8) is 0 Å². The molecule has 1 unspecified atom stereocenters. The van der Waals surface area contributed by atoms with Crippen molar-refractivity contribution >= 4 is 16.1 Å². The number of aliphatic hydroxyl groups excluding tert-OH is 1. The molecule has 0 aliphatic rings. The van der Waals surface area contributed by atoms with Gasteiger partial charge in [0.1, 0.15) is 0 Å². The van der Waals surface area contributed by atoms with Gasteiger partial charge in [0.25, 0.3) is 0 Å². The lowest BCUT2D eigenvalue weighted by Gasteiger charge is -2.44. The maximum atomic E-state index is 10.3. The topological polar surface area (TPSA) is 20.2 Å². The van der Waals surface area contributed by atoms with Gasteiger partial charge in [0.05, 0.1) is 22.3 Å². The predicted octanol–water partition coefficient (Wildman–Crippen LogP) is 4.85. The summed E-state index contributed by atoms with van der Waals surface area (Å²) in [6.07, 6.45) is 1.93. The summed E-state index contributed by atoms with van der Waals surface area (Å²) in [5.41, 5.74) is 0. The zero-order chi connectivity index (χ0) is 14.9. The van der Waals surface area contributed by atoms with E-state index in [1.165, 1.54) is 0 Å². The monoisotopic (exact) mass is 286 g/mol. The van der Waals surface area contributed by atoms with E-state index in [1.807, 2.05) is 0 Å². The van der Waals surface area contributed by atoms with E-state index in [0.717, 1.165) is 0 Å². The molecule has 18 heavy (non-hydrogen) atoms. The second kappa shape index (κ2) is 5.63. The van der Waals surface area contributed by atoms with Crippen molar-refractivity contribution in [2.75, 3.05) is 0 Å². The number of hydrogen-bond acceptors (Lipinski definition) is 1. The Morgan fingerprint density at radius 2 is 1.39 bits per heavy atom. The summed E-state index contributed by atoms with van der Waals surface area (Å²) in [6, 6.07) is 0. The molecule has 1 N–H and O–H groups in total. The Balaban J connectivity index is 5.69. The molecule has 0 heterocycles. The largest absolute Gasteiger partial charge is 0.389 e. The van der Waals surface area contributed by atoms with Gasteiger partial charge in [-0.1, -0.05) is 78.2 Å². The van der Waals surface area contributed by atoms with Gasteiger partial charge in [-0.05, 0) is 11.0 Å². The molecule has 0 saturated carbocycles. The Labute approximate surface area is 117 Å². The fourth-order valence-electron chi connectivity index (χ4n) is 2.16. The van der Waals surface area contributed by atoms with E-state index in [4.69, 9.17) is 0 Å². The zero-order valence-corrected chi connectivity index (χ0v) is 16.2. The Bertz CT molecular complexity index is 303. The van der Waals surface area contributed by atoms with Crippen molar-refractivity contribution in [2.24, 2.45) is 5.92 Å². The van der Waals surface area contributed by atoms with Crippen LogP contribution in [0, 0.1) is 5.92 Å². The van der Waals surface area contributed by atoms with Gasteiger partial charge in [-0.2, -0.15) is 0 Å². The maximum Gasteiger partial charge on any atom is 0.0762 e. The zero-order valence-electron chi connectivity index (χ0n) is 14.2. The van der Waals surface area contributed by atoms with Crippen molar-refractivity contribution in [1.82, 2.24) is 0 Å². The molecule has 0 aromatic rings. The maximum absolute atomic E-state index is 10.3. The first-order valence-electron chi connectivity index (χ1n) is 7.12. The van der Waals surface area contributed by atoms with Gasteiger partial charge >= 0.3 is 0 Å². The predicted molar refractivity (Wildman–Crippen MR) is 89.5 cm³/mol. The van der Waals surface area contributed by atoms with Crippen molar-refractivity contribution in [2.45, 2.75) is 78.5 Å². The Morgan fingerprint density at radius 3 is 1.61 bits per heavy atom. The molecule has 0 fully saturated rings. The minimum atomic E-state index is -1.52. The van der Waals surface area contributed by atoms with Gasteiger partial charge in [-0.3, -0.25) is 0 Å². The van der Waals surface area contributed by atoms with Crippen LogP contribution in [0.15, 0.2) is 10.9 Å². The van der Waals surface area contributed by atoms with Crippen LogP contribution < -0.4 is 0 Å². The molecule has 108 valence electrons. The smallest absolute Gasteiger partial charge is 0.0762 e. The van der Waals surface area contributed by atoms with E-state index in [-0.39, 0.29) is 6.10 Å². The highest BCUT2D eigenvalue weighted by atomic mass is 28.4. The standard InChI is InChI=1S/C15H34OSi2/c1-12(2)13(16)11-14(17(6,7)8)18(9,10)15(3,4)5/h11-13,16H,1-10H3/b14-11+. The highest BCUT2D eigenvalue weighted by Gasteiger charge is 2.43. The van der Waals surface area contributed by atoms with Gasteiger partial charge in [-0.25, -0.2) is 0 Å². The van der Waals surface area contributed by atoms with E-state index >= 15 is 0 Å². The lowest BCUT2D eigenvalue weighted by molar-refractivity contribution is 0.172. The van der Waals surface area contributed by atoms with Gasteiger partial charge in [0.2, 0.25) is 0 Å². The summed E-state index contributed by atoms with van der Waals surface area (Å²) in [6.45, 7) is 23.4. The minimum absolute atomic E-state index is 0.291. The second-order valence-corrected chi connectivity index (χ2v) is 19.3. The molecule has 0 saturated heterocycles.